The van der Waals surface area contributed by atoms with E-state index in [1.54, 1.807) is 0 Å². The Labute approximate surface area is 138 Å². The number of aliphatic hydroxyl groups excluding tert-OH is 1. The Morgan fingerprint density at radius 1 is 1.17 bits per heavy atom. The zero-order valence-electron chi connectivity index (χ0n) is 12.9. The van der Waals surface area contributed by atoms with Crippen LogP contribution in [0.3, 0.4) is 0 Å². The lowest BCUT2D eigenvalue weighted by atomic mass is 9.96. The highest BCUT2D eigenvalue weighted by atomic mass is 35.5. The zero-order chi connectivity index (χ0) is 17.1. The van der Waals surface area contributed by atoms with Gasteiger partial charge in [0, 0.05) is 17.2 Å². The Bertz CT molecular complexity index is 746. The standard InChI is InChI=1S/C17H16ClFO4/c1-9(20)11-7-12(15(23-3)8-14(11)22-2)17(21)10-5-4-6-13(18)16(10)19/h4-8,17,21H,1-3H3. The van der Waals surface area contributed by atoms with Crippen molar-refractivity contribution in [3.8, 4) is 11.5 Å². The third-order valence-corrected chi connectivity index (χ3v) is 3.79. The van der Waals surface area contributed by atoms with Crippen molar-refractivity contribution in [2.75, 3.05) is 14.2 Å². The number of Topliss-reactive ketones (excluding diaryl/α,β-unsaturated/α-hetero) is 1. The minimum absolute atomic E-state index is 0.00420. The molecule has 2 aromatic carbocycles. The topological polar surface area (TPSA) is 55.8 Å². The SMILES string of the molecule is COc1cc(OC)c(C(O)c2cccc(Cl)c2F)cc1C(C)=O. The smallest absolute Gasteiger partial charge is 0.163 e. The lowest BCUT2D eigenvalue weighted by molar-refractivity contribution is 0.101. The molecule has 0 spiro atoms. The van der Waals surface area contributed by atoms with Crippen LogP contribution in [0.2, 0.25) is 5.02 Å². The summed E-state index contributed by atoms with van der Waals surface area (Å²) in [5, 5.41) is 10.5. The van der Waals surface area contributed by atoms with Gasteiger partial charge in [-0.15, -0.1) is 0 Å². The fourth-order valence-electron chi connectivity index (χ4n) is 2.31. The number of hydrogen-bond donors (Lipinski definition) is 1. The first-order valence-electron chi connectivity index (χ1n) is 6.79. The van der Waals surface area contributed by atoms with Crippen LogP contribution in [0, 0.1) is 5.82 Å². The molecule has 0 radical (unpaired) electrons. The first-order valence-corrected chi connectivity index (χ1v) is 7.17. The number of ether oxygens (including phenoxy) is 2. The molecule has 0 aliphatic heterocycles. The summed E-state index contributed by atoms with van der Waals surface area (Å²) in [7, 11) is 2.83. The summed E-state index contributed by atoms with van der Waals surface area (Å²) in [5.74, 6) is -0.371. The van der Waals surface area contributed by atoms with Gasteiger partial charge in [0.25, 0.3) is 0 Å². The summed E-state index contributed by atoms with van der Waals surface area (Å²) in [6.07, 6.45) is -1.34. The van der Waals surface area contributed by atoms with E-state index in [4.69, 9.17) is 21.1 Å². The fourth-order valence-corrected chi connectivity index (χ4v) is 2.49. The molecule has 2 rings (SSSR count). The Hall–Kier alpha value is -2.11. The summed E-state index contributed by atoms with van der Waals surface area (Å²) >= 11 is 5.76. The molecule has 0 fully saturated rings. The molecule has 4 nitrogen and oxygen atoms in total. The molecule has 1 unspecified atom stereocenters. The van der Waals surface area contributed by atoms with Crippen molar-refractivity contribution < 1.29 is 23.8 Å². The molecule has 23 heavy (non-hydrogen) atoms. The van der Waals surface area contributed by atoms with Gasteiger partial charge in [-0.3, -0.25) is 4.79 Å². The second-order valence-electron chi connectivity index (χ2n) is 4.90. The second-order valence-corrected chi connectivity index (χ2v) is 5.30. The highest BCUT2D eigenvalue weighted by Crippen LogP contribution is 2.37. The van der Waals surface area contributed by atoms with E-state index < -0.39 is 11.9 Å². The van der Waals surface area contributed by atoms with Gasteiger partial charge in [-0.05, 0) is 19.1 Å². The molecule has 0 saturated carbocycles. The van der Waals surface area contributed by atoms with Crippen LogP contribution in [-0.4, -0.2) is 25.1 Å². The highest BCUT2D eigenvalue weighted by molar-refractivity contribution is 6.30. The van der Waals surface area contributed by atoms with E-state index in [1.807, 2.05) is 0 Å². The van der Waals surface area contributed by atoms with Crippen LogP contribution in [0.15, 0.2) is 30.3 Å². The Morgan fingerprint density at radius 2 is 1.83 bits per heavy atom. The van der Waals surface area contributed by atoms with E-state index in [0.29, 0.717) is 5.75 Å². The van der Waals surface area contributed by atoms with Crippen molar-refractivity contribution in [1.82, 2.24) is 0 Å². The number of ketones is 1. The molecule has 1 atom stereocenters. The van der Waals surface area contributed by atoms with Gasteiger partial charge in [0.1, 0.15) is 23.4 Å². The lowest BCUT2D eigenvalue weighted by Crippen LogP contribution is -2.08. The number of rotatable bonds is 5. The largest absolute Gasteiger partial charge is 0.496 e. The van der Waals surface area contributed by atoms with Gasteiger partial charge in [-0.25, -0.2) is 4.39 Å². The molecule has 0 saturated heterocycles. The molecule has 6 heteroatoms. The van der Waals surface area contributed by atoms with Gasteiger partial charge >= 0.3 is 0 Å². The highest BCUT2D eigenvalue weighted by Gasteiger charge is 2.23. The molecule has 122 valence electrons. The quantitative estimate of drug-likeness (QED) is 0.843. The number of aliphatic hydroxyl groups is 1. The maximum Gasteiger partial charge on any atom is 0.163 e. The van der Waals surface area contributed by atoms with Crippen LogP contribution in [0.1, 0.15) is 34.5 Å². The van der Waals surface area contributed by atoms with Crippen molar-refractivity contribution in [2.45, 2.75) is 13.0 Å². The van der Waals surface area contributed by atoms with E-state index in [1.165, 1.54) is 51.5 Å². The predicted octanol–water partition coefficient (Wildman–Crippen LogP) is 3.78. The van der Waals surface area contributed by atoms with E-state index in [0.717, 1.165) is 0 Å². The van der Waals surface area contributed by atoms with E-state index in [2.05, 4.69) is 0 Å². The predicted molar refractivity (Wildman–Crippen MR) is 85.0 cm³/mol. The van der Waals surface area contributed by atoms with Gasteiger partial charge in [0.2, 0.25) is 0 Å². The molecule has 0 bridgehead atoms. The second kappa shape index (κ2) is 6.98. The summed E-state index contributed by atoms with van der Waals surface area (Å²) in [4.78, 5) is 11.8. The number of halogens is 2. The van der Waals surface area contributed by atoms with E-state index in [9.17, 15) is 14.3 Å². The summed E-state index contributed by atoms with van der Waals surface area (Å²) in [5.41, 5.74) is 0.514. The molecule has 0 heterocycles. The molecule has 0 aromatic heterocycles. The van der Waals surface area contributed by atoms with Gasteiger partial charge in [0.15, 0.2) is 5.78 Å². The third-order valence-electron chi connectivity index (χ3n) is 3.50. The van der Waals surface area contributed by atoms with Crippen LogP contribution in [0.25, 0.3) is 0 Å². The Balaban J connectivity index is 2.63. The maximum absolute atomic E-state index is 14.2. The van der Waals surface area contributed by atoms with E-state index in [-0.39, 0.29) is 33.2 Å². The van der Waals surface area contributed by atoms with Crippen LogP contribution in [-0.2, 0) is 0 Å². The zero-order valence-corrected chi connectivity index (χ0v) is 13.6. The summed E-state index contributed by atoms with van der Waals surface area (Å²) < 4.78 is 24.5. The maximum atomic E-state index is 14.2. The molecule has 2 aromatic rings. The molecular weight excluding hydrogens is 323 g/mol. The molecule has 1 N–H and O–H groups in total. The minimum atomic E-state index is -1.34. The third kappa shape index (κ3) is 3.30. The average molecular weight is 339 g/mol. The molecule has 0 aliphatic carbocycles. The van der Waals surface area contributed by atoms with Gasteiger partial charge < -0.3 is 14.6 Å². The minimum Gasteiger partial charge on any atom is -0.496 e. The van der Waals surface area contributed by atoms with Crippen LogP contribution < -0.4 is 9.47 Å². The first kappa shape index (κ1) is 17.2. The van der Waals surface area contributed by atoms with Gasteiger partial charge in [-0.1, -0.05) is 23.7 Å². The van der Waals surface area contributed by atoms with Crippen molar-refractivity contribution in [3.05, 3.63) is 57.9 Å². The number of benzene rings is 2. The number of methoxy groups -OCH3 is 2. The van der Waals surface area contributed by atoms with Crippen molar-refractivity contribution in [1.29, 1.82) is 0 Å². The lowest BCUT2D eigenvalue weighted by Gasteiger charge is -2.18. The average Bonchev–Trinajstić information content (AvgIpc) is 2.55. The monoisotopic (exact) mass is 338 g/mol. The van der Waals surface area contributed by atoms with Crippen LogP contribution in [0.4, 0.5) is 4.39 Å². The number of hydrogen-bond acceptors (Lipinski definition) is 4. The van der Waals surface area contributed by atoms with Crippen LogP contribution in [0.5, 0.6) is 11.5 Å². The van der Waals surface area contributed by atoms with Gasteiger partial charge in [0.05, 0.1) is 24.8 Å². The number of carbonyl (C=O) groups is 1. The van der Waals surface area contributed by atoms with Crippen molar-refractivity contribution >= 4 is 17.4 Å². The molecule has 0 amide bonds. The van der Waals surface area contributed by atoms with Gasteiger partial charge in [-0.2, -0.15) is 0 Å². The van der Waals surface area contributed by atoms with Crippen molar-refractivity contribution in [2.24, 2.45) is 0 Å². The summed E-state index contributed by atoms with van der Waals surface area (Å²) in [6, 6.07) is 7.26. The molecular formula is C17H16ClFO4. The first-order chi connectivity index (χ1) is 10.9. The molecule has 0 aliphatic rings. The summed E-state index contributed by atoms with van der Waals surface area (Å²) in [6.45, 7) is 1.38. The van der Waals surface area contributed by atoms with Crippen molar-refractivity contribution in [3.63, 3.8) is 0 Å². The van der Waals surface area contributed by atoms with Crippen LogP contribution >= 0.6 is 11.6 Å². The Morgan fingerprint density at radius 3 is 2.39 bits per heavy atom. The number of carbonyl (C=O) groups excluding carboxylic acids is 1. The normalized spacial score (nSPS) is 11.9. The Kier molecular flexibility index (Phi) is 5.23. The fraction of sp³-hybridized carbons (Fsp3) is 0.235. The van der Waals surface area contributed by atoms with E-state index >= 15 is 0 Å².